The van der Waals surface area contributed by atoms with Crippen molar-refractivity contribution in [2.24, 2.45) is 4.99 Å². The lowest BCUT2D eigenvalue weighted by Crippen LogP contribution is -2.03. The third-order valence-corrected chi connectivity index (χ3v) is 4.71. The van der Waals surface area contributed by atoms with Crippen molar-refractivity contribution in [1.82, 2.24) is 19.9 Å². The van der Waals surface area contributed by atoms with Gasteiger partial charge in [-0.2, -0.15) is 0 Å². The normalized spacial score (nSPS) is 11.6. The summed E-state index contributed by atoms with van der Waals surface area (Å²) in [7, 11) is 0. The van der Waals surface area contributed by atoms with Crippen LogP contribution in [0.2, 0.25) is 5.02 Å². The number of carbonyl (C=O) groups excluding carboxylic acids is 1. The van der Waals surface area contributed by atoms with Crippen LogP contribution in [-0.2, 0) is 11.3 Å². The molecule has 0 N–H and O–H groups in total. The number of fused-ring (bicyclic) bond motifs is 1. The van der Waals surface area contributed by atoms with Gasteiger partial charge < -0.3 is 4.57 Å². The number of hydrogen-bond acceptors (Lipinski definition) is 6. The van der Waals surface area contributed by atoms with Crippen molar-refractivity contribution in [2.75, 3.05) is 0 Å². The number of ketones is 1. The van der Waals surface area contributed by atoms with Gasteiger partial charge in [0.2, 0.25) is 5.82 Å². The summed E-state index contributed by atoms with van der Waals surface area (Å²) in [6.07, 6.45) is 1.51. The van der Waals surface area contributed by atoms with E-state index in [0.29, 0.717) is 35.1 Å². The van der Waals surface area contributed by atoms with E-state index in [4.69, 9.17) is 16.2 Å². The van der Waals surface area contributed by atoms with Gasteiger partial charge in [0.15, 0.2) is 17.3 Å². The summed E-state index contributed by atoms with van der Waals surface area (Å²) in [5, 5.41) is 8.02. The minimum Gasteiger partial charge on any atom is -0.318 e. The van der Waals surface area contributed by atoms with E-state index < -0.39 is 5.82 Å². The maximum atomic E-state index is 13.4. The number of Topliss-reactive ketones (excluding diaryl/α,β-unsaturated/α-hetero) is 1. The number of aromatic nitrogens is 4. The molecule has 0 saturated carbocycles. The first kappa shape index (κ1) is 18.9. The largest absolute Gasteiger partial charge is 0.318 e. The molecule has 0 aliphatic heterocycles. The molecule has 4 rings (SSSR count). The summed E-state index contributed by atoms with van der Waals surface area (Å²) in [4.78, 5) is 20.3. The van der Waals surface area contributed by atoms with E-state index in [1.165, 1.54) is 18.3 Å². The summed E-state index contributed by atoms with van der Waals surface area (Å²) in [5.74, 6) is 0.0374. The molecule has 4 aromatic rings. The fourth-order valence-electron chi connectivity index (χ4n) is 2.87. The Kier molecular flexibility index (Phi) is 5.18. The van der Waals surface area contributed by atoms with Crippen LogP contribution in [-0.4, -0.2) is 31.9 Å². The van der Waals surface area contributed by atoms with Crippen molar-refractivity contribution in [3.63, 3.8) is 0 Å². The number of carbonyl (C=O) groups is 1. The van der Waals surface area contributed by atoms with Crippen molar-refractivity contribution < 1.29 is 13.8 Å². The smallest absolute Gasteiger partial charge is 0.228 e. The molecule has 0 bridgehead atoms. The highest BCUT2D eigenvalue weighted by Crippen LogP contribution is 2.31. The van der Waals surface area contributed by atoms with E-state index >= 15 is 0 Å². The maximum Gasteiger partial charge on any atom is 0.228 e. The number of para-hydroxylation sites is 2. The zero-order valence-corrected chi connectivity index (χ0v) is 16.1. The molecular weight excluding hydrogens is 397 g/mol. The van der Waals surface area contributed by atoms with Gasteiger partial charge in [0, 0.05) is 11.4 Å². The Balaban J connectivity index is 1.84. The number of hydrogen-bond donors (Lipinski definition) is 0. The Morgan fingerprint density at radius 2 is 2.10 bits per heavy atom. The zero-order chi connectivity index (χ0) is 20.4. The molecule has 0 radical (unpaired) electrons. The third kappa shape index (κ3) is 3.79. The Morgan fingerprint density at radius 1 is 1.28 bits per heavy atom. The lowest BCUT2D eigenvalue weighted by Gasteiger charge is -2.10. The van der Waals surface area contributed by atoms with Crippen LogP contribution in [0.3, 0.4) is 0 Å². The van der Waals surface area contributed by atoms with Gasteiger partial charge in [-0.3, -0.25) is 4.79 Å². The molecule has 0 spiro atoms. The van der Waals surface area contributed by atoms with Crippen LogP contribution in [0.15, 0.2) is 52.1 Å². The first-order valence-electron chi connectivity index (χ1n) is 8.86. The first-order valence-corrected chi connectivity index (χ1v) is 9.23. The molecule has 9 heteroatoms. The average molecular weight is 412 g/mol. The van der Waals surface area contributed by atoms with Crippen LogP contribution < -0.4 is 0 Å². The molecule has 0 saturated heterocycles. The number of aliphatic imine (C=N–C) groups is 1. The van der Waals surface area contributed by atoms with Crippen LogP contribution >= 0.6 is 11.6 Å². The van der Waals surface area contributed by atoms with Crippen LogP contribution in [0.5, 0.6) is 0 Å². The number of nitrogens with zero attached hydrogens (tertiary/aromatic N) is 5. The molecule has 0 amide bonds. The second-order valence-electron chi connectivity index (χ2n) is 6.26. The van der Waals surface area contributed by atoms with Crippen molar-refractivity contribution in [3.8, 4) is 11.5 Å². The monoisotopic (exact) mass is 411 g/mol. The Morgan fingerprint density at radius 3 is 2.90 bits per heavy atom. The molecule has 0 unspecified atom stereocenters. The molecule has 2 heterocycles. The average Bonchev–Trinajstić information content (AvgIpc) is 3.32. The van der Waals surface area contributed by atoms with E-state index in [1.807, 2.05) is 28.8 Å². The fraction of sp³-hybridized carbons (Fsp3) is 0.150. The van der Waals surface area contributed by atoms with Crippen molar-refractivity contribution in [3.05, 3.63) is 58.9 Å². The highest BCUT2D eigenvalue weighted by molar-refractivity contribution is 6.31. The highest BCUT2D eigenvalue weighted by atomic mass is 35.5. The Hall–Kier alpha value is -3.39. The molecule has 7 nitrogen and oxygen atoms in total. The molecule has 0 aliphatic carbocycles. The summed E-state index contributed by atoms with van der Waals surface area (Å²) < 4.78 is 20.2. The first-order chi connectivity index (χ1) is 14.1. The second-order valence-corrected chi connectivity index (χ2v) is 6.67. The van der Waals surface area contributed by atoms with E-state index in [0.717, 1.165) is 11.0 Å². The quantitative estimate of drug-likeness (QED) is 0.432. The van der Waals surface area contributed by atoms with Gasteiger partial charge in [-0.05, 0) is 40.1 Å². The SMILES string of the molecule is CCC(=O)C=Nc1nonc1-c1nc2ccccc2n1Cc1ccc(F)cc1Cl. The van der Waals surface area contributed by atoms with Crippen molar-refractivity contribution in [1.29, 1.82) is 0 Å². The zero-order valence-electron chi connectivity index (χ0n) is 15.3. The predicted octanol–water partition coefficient (Wildman–Crippen LogP) is 4.61. The fourth-order valence-corrected chi connectivity index (χ4v) is 3.10. The number of rotatable bonds is 6. The molecule has 0 atom stereocenters. The summed E-state index contributed by atoms with van der Waals surface area (Å²) in [6.45, 7) is 2.06. The van der Waals surface area contributed by atoms with E-state index in [-0.39, 0.29) is 11.6 Å². The van der Waals surface area contributed by atoms with Crippen LogP contribution in [0.1, 0.15) is 18.9 Å². The van der Waals surface area contributed by atoms with Gasteiger partial charge in [-0.15, -0.1) is 0 Å². The van der Waals surface area contributed by atoms with Crippen molar-refractivity contribution in [2.45, 2.75) is 19.9 Å². The van der Waals surface area contributed by atoms with E-state index in [1.54, 1.807) is 13.0 Å². The van der Waals surface area contributed by atoms with Gasteiger partial charge in [0.05, 0.1) is 23.8 Å². The molecule has 146 valence electrons. The minimum atomic E-state index is -0.410. The molecule has 2 aromatic carbocycles. The summed E-state index contributed by atoms with van der Waals surface area (Å²) >= 11 is 6.23. The van der Waals surface area contributed by atoms with E-state index in [9.17, 15) is 9.18 Å². The van der Waals surface area contributed by atoms with Gasteiger partial charge >= 0.3 is 0 Å². The molecule has 0 fully saturated rings. The number of benzene rings is 2. The highest BCUT2D eigenvalue weighted by Gasteiger charge is 2.21. The van der Waals surface area contributed by atoms with E-state index in [2.05, 4.69) is 20.3 Å². The maximum absolute atomic E-state index is 13.4. The van der Waals surface area contributed by atoms with Crippen LogP contribution in [0.4, 0.5) is 10.2 Å². The molecule has 0 aliphatic rings. The molecular formula is C20H15ClFN5O2. The van der Waals surface area contributed by atoms with Crippen molar-refractivity contribution >= 4 is 40.5 Å². The van der Waals surface area contributed by atoms with Gasteiger partial charge in [0.25, 0.3) is 0 Å². The minimum absolute atomic E-state index is 0.147. The lowest BCUT2D eigenvalue weighted by atomic mass is 10.2. The predicted molar refractivity (Wildman–Crippen MR) is 107 cm³/mol. The van der Waals surface area contributed by atoms with Crippen LogP contribution in [0, 0.1) is 5.82 Å². The topological polar surface area (TPSA) is 86.2 Å². The third-order valence-electron chi connectivity index (χ3n) is 4.36. The standard InChI is InChI=1S/C20H15ClFN5O2/c1-2-14(28)10-23-19-18(25-29-26-19)20-24-16-5-3-4-6-17(16)27(20)11-12-7-8-13(22)9-15(12)21/h3-10H,2,11H2,1H3. The van der Waals surface area contributed by atoms with Gasteiger partial charge in [-0.25, -0.2) is 19.0 Å². The number of imidazole rings is 1. The molecule has 29 heavy (non-hydrogen) atoms. The summed E-state index contributed by atoms with van der Waals surface area (Å²) in [6, 6.07) is 11.8. The number of halogens is 2. The molecule has 2 aromatic heterocycles. The van der Waals surface area contributed by atoms with Gasteiger partial charge in [-0.1, -0.05) is 36.7 Å². The Labute approximate surface area is 169 Å². The van der Waals surface area contributed by atoms with Gasteiger partial charge in [0.1, 0.15) is 5.82 Å². The lowest BCUT2D eigenvalue weighted by molar-refractivity contribution is -0.112. The second kappa shape index (κ2) is 7.92. The van der Waals surface area contributed by atoms with Crippen LogP contribution in [0.25, 0.3) is 22.6 Å². The summed E-state index contributed by atoms with van der Waals surface area (Å²) in [5.41, 5.74) is 2.55. The Bertz CT molecular complexity index is 1230.